The quantitative estimate of drug-likeness (QED) is 0.764. The van der Waals surface area contributed by atoms with E-state index >= 15 is 0 Å². The molecule has 0 unspecified atom stereocenters. The second kappa shape index (κ2) is 7.74. The zero-order valence-corrected chi connectivity index (χ0v) is 17.9. The summed E-state index contributed by atoms with van der Waals surface area (Å²) in [7, 11) is 1.64. The number of hydrogen-bond donors (Lipinski definition) is 1. The summed E-state index contributed by atoms with van der Waals surface area (Å²) in [5.74, 6) is -0.0239. The normalized spacial score (nSPS) is 22.4. The summed E-state index contributed by atoms with van der Waals surface area (Å²) in [5, 5.41) is 13.0. The van der Waals surface area contributed by atoms with Gasteiger partial charge in [-0.2, -0.15) is 0 Å². The van der Waals surface area contributed by atoms with Gasteiger partial charge in [-0.15, -0.1) is 10.2 Å². The maximum atomic E-state index is 13.7. The van der Waals surface area contributed by atoms with Crippen molar-refractivity contribution in [1.29, 1.82) is 0 Å². The highest BCUT2D eigenvalue weighted by molar-refractivity contribution is 7.15. The summed E-state index contributed by atoms with van der Waals surface area (Å²) in [4.78, 5) is 29.0. The molecule has 5 rings (SSSR count). The highest BCUT2D eigenvalue weighted by Crippen LogP contribution is 2.50. The molecule has 2 aliphatic carbocycles. The molecule has 1 spiro atoms. The minimum absolute atomic E-state index is 0.000495. The van der Waals surface area contributed by atoms with E-state index in [-0.39, 0.29) is 11.8 Å². The van der Waals surface area contributed by atoms with E-state index in [4.69, 9.17) is 4.74 Å². The summed E-state index contributed by atoms with van der Waals surface area (Å²) in [6, 6.07) is 7.53. The predicted molar refractivity (Wildman–Crippen MR) is 114 cm³/mol. The first-order valence-electron chi connectivity index (χ1n) is 10.7. The molecule has 2 amide bonds. The lowest BCUT2D eigenvalue weighted by Crippen LogP contribution is -2.60. The summed E-state index contributed by atoms with van der Waals surface area (Å²) in [6.45, 7) is 0.934. The first-order chi connectivity index (χ1) is 14.6. The smallest absolute Gasteiger partial charge is 0.254 e. The van der Waals surface area contributed by atoms with Crippen LogP contribution in [0.1, 0.15) is 71.3 Å². The molecular weight excluding hydrogens is 400 g/mol. The largest absolute Gasteiger partial charge is 0.383 e. The van der Waals surface area contributed by atoms with Gasteiger partial charge < -0.3 is 9.64 Å². The number of fused-ring (bicyclic) bond motifs is 1. The van der Waals surface area contributed by atoms with Crippen LogP contribution in [0.3, 0.4) is 0 Å². The number of benzene rings is 1. The van der Waals surface area contributed by atoms with Gasteiger partial charge in [0.1, 0.15) is 5.01 Å². The van der Waals surface area contributed by atoms with E-state index in [1.54, 1.807) is 7.11 Å². The van der Waals surface area contributed by atoms with Gasteiger partial charge in [0.05, 0.1) is 18.1 Å². The lowest BCUT2D eigenvalue weighted by molar-refractivity contribution is -0.121. The number of anilines is 1. The van der Waals surface area contributed by atoms with E-state index in [9.17, 15) is 9.59 Å². The fourth-order valence-electron chi connectivity index (χ4n) is 5.13. The van der Waals surface area contributed by atoms with Gasteiger partial charge in [0.15, 0.2) is 0 Å². The summed E-state index contributed by atoms with van der Waals surface area (Å²) < 4.78 is 5.30. The van der Waals surface area contributed by atoms with Gasteiger partial charge in [0.25, 0.3) is 5.91 Å². The molecule has 1 aromatic heterocycles. The van der Waals surface area contributed by atoms with Crippen LogP contribution in [-0.4, -0.2) is 52.7 Å². The number of carbonyl (C=O) groups excluding carboxylic acids is 2. The first kappa shape index (κ1) is 19.6. The SMILES string of the molecule is COCCN1C(=O)c2ccccc2[C@@H](C(=O)Nc2nnc(C3CC3)s2)C12CCCC2. The monoisotopic (exact) mass is 426 g/mol. The van der Waals surface area contributed by atoms with Crippen LogP contribution in [0, 0.1) is 0 Å². The summed E-state index contributed by atoms with van der Waals surface area (Å²) in [6.07, 6.45) is 5.95. The van der Waals surface area contributed by atoms with Gasteiger partial charge in [-0.05, 0) is 37.3 Å². The van der Waals surface area contributed by atoms with Crippen molar-refractivity contribution in [3.05, 3.63) is 40.4 Å². The molecule has 2 fully saturated rings. The number of carbonyl (C=O) groups is 2. The van der Waals surface area contributed by atoms with E-state index in [0.717, 1.165) is 49.1 Å². The molecule has 0 bridgehead atoms. The van der Waals surface area contributed by atoms with Crippen LogP contribution in [0.15, 0.2) is 24.3 Å². The minimum Gasteiger partial charge on any atom is -0.383 e. The molecule has 1 N–H and O–H groups in total. The molecule has 30 heavy (non-hydrogen) atoms. The Labute approximate surface area is 179 Å². The molecule has 2 aromatic rings. The van der Waals surface area contributed by atoms with Crippen LogP contribution in [0.5, 0.6) is 0 Å². The molecule has 158 valence electrons. The molecule has 2 heterocycles. The standard InChI is InChI=1S/C22H26N4O3S/c1-29-13-12-26-20(28)16-7-3-2-6-15(16)17(22(26)10-4-5-11-22)18(27)23-21-25-24-19(30-21)14-8-9-14/h2-3,6-7,14,17H,4-5,8-13H2,1H3,(H,23,25,27)/t17-/m0/s1. The molecule has 1 atom stereocenters. The summed E-state index contributed by atoms with van der Waals surface area (Å²) >= 11 is 1.47. The highest BCUT2D eigenvalue weighted by Gasteiger charge is 2.55. The van der Waals surface area contributed by atoms with Crippen molar-refractivity contribution in [3.8, 4) is 0 Å². The Morgan fingerprint density at radius 1 is 1.27 bits per heavy atom. The van der Waals surface area contributed by atoms with Crippen LogP contribution >= 0.6 is 11.3 Å². The number of amides is 2. The van der Waals surface area contributed by atoms with Crippen LogP contribution in [-0.2, 0) is 9.53 Å². The Morgan fingerprint density at radius 2 is 2.03 bits per heavy atom. The number of ether oxygens (including phenoxy) is 1. The minimum atomic E-state index is -0.516. The zero-order valence-electron chi connectivity index (χ0n) is 17.1. The molecule has 7 nitrogen and oxygen atoms in total. The van der Waals surface area contributed by atoms with E-state index in [1.807, 2.05) is 29.2 Å². The average Bonchev–Trinajstić information content (AvgIpc) is 3.31. The number of nitrogens with zero attached hydrogens (tertiary/aromatic N) is 3. The number of hydrogen-bond acceptors (Lipinski definition) is 6. The van der Waals surface area contributed by atoms with Gasteiger partial charge >= 0.3 is 0 Å². The maximum Gasteiger partial charge on any atom is 0.254 e. The van der Waals surface area contributed by atoms with Gasteiger partial charge in [0.2, 0.25) is 11.0 Å². The number of methoxy groups -OCH3 is 1. The van der Waals surface area contributed by atoms with Gasteiger partial charge in [-0.3, -0.25) is 14.9 Å². The van der Waals surface area contributed by atoms with Crippen molar-refractivity contribution in [2.75, 3.05) is 25.6 Å². The highest BCUT2D eigenvalue weighted by atomic mass is 32.1. The van der Waals surface area contributed by atoms with Crippen molar-refractivity contribution in [2.24, 2.45) is 0 Å². The van der Waals surface area contributed by atoms with Gasteiger partial charge in [0, 0.05) is 25.1 Å². The molecule has 1 aromatic carbocycles. The molecular formula is C22H26N4O3S. The number of aromatic nitrogens is 2. The molecule has 1 aliphatic heterocycles. The van der Waals surface area contributed by atoms with Crippen LogP contribution < -0.4 is 5.32 Å². The third-order valence-corrected chi connectivity index (χ3v) is 7.67. The van der Waals surface area contributed by atoms with E-state index < -0.39 is 11.5 Å². The Morgan fingerprint density at radius 3 is 2.77 bits per heavy atom. The van der Waals surface area contributed by atoms with Crippen molar-refractivity contribution >= 4 is 28.3 Å². The van der Waals surface area contributed by atoms with Crippen molar-refractivity contribution in [3.63, 3.8) is 0 Å². The molecule has 8 heteroatoms. The number of rotatable bonds is 6. The molecule has 2 saturated carbocycles. The third kappa shape index (κ3) is 3.22. The maximum absolute atomic E-state index is 13.7. The fraction of sp³-hybridized carbons (Fsp3) is 0.545. The van der Waals surface area contributed by atoms with Crippen LogP contribution in [0.2, 0.25) is 0 Å². The second-order valence-corrected chi connectivity index (χ2v) is 9.50. The third-order valence-electron chi connectivity index (χ3n) is 6.67. The van der Waals surface area contributed by atoms with E-state index in [2.05, 4.69) is 15.5 Å². The molecule has 3 aliphatic rings. The Balaban J connectivity index is 1.53. The Hall–Kier alpha value is -2.32. The molecule has 0 saturated heterocycles. The lowest BCUT2D eigenvalue weighted by atomic mass is 9.71. The topological polar surface area (TPSA) is 84.4 Å². The lowest BCUT2D eigenvalue weighted by Gasteiger charge is -2.50. The van der Waals surface area contributed by atoms with E-state index in [0.29, 0.717) is 29.8 Å². The Bertz CT molecular complexity index is 965. The zero-order chi connectivity index (χ0) is 20.7. The van der Waals surface area contributed by atoms with Gasteiger partial charge in [-0.1, -0.05) is 42.4 Å². The molecule has 0 radical (unpaired) electrons. The van der Waals surface area contributed by atoms with Crippen molar-refractivity contribution in [1.82, 2.24) is 15.1 Å². The van der Waals surface area contributed by atoms with Crippen LogP contribution in [0.4, 0.5) is 5.13 Å². The summed E-state index contributed by atoms with van der Waals surface area (Å²) in [5.41, 5.74) is 0.919. The van der Waals surface area contributed by atoms with Gasteiger partial charge in [-0.25, -0.2) is 0 Å². The van der Waals surface area contributed by atoms with E-state index in [1.165, 1.54) is 11.3 Å². The Kier molecular flexibility index (Phi) is 5.06. The number of nitrogens with one attached hydrogen (secondary N) is 1. The predicted octanol–water partition coefficient (Wildman–Crippen LogP) is 3.55. The van der Waals surface area contributed by atoms with Crippen molar-refractivity contribution in [2.45, 2.75) is 55.9 Å². The van der Waals surface area contributed by atoms with Crippen molar-refractivity contribution < 1.29 is 14.3 Å². The van der Waals surface area contributed by atoms with Crippen LogP contribution in [0.25, 0.3) is 0 Å². The average molecular weight is 427 g/mol. The second-order valence-electron chi connectivity index (χ2n) is 8.49. The first-order valence-corrected chi connectivity index (χ1v) is 11.5. The fourth-order valence-corrected chi connectivity index (χ4v) is 6.05.